The minimum Gasteiger partial charge on any atom is -0.456 e. The molecule has 5 heteroatoms. The van der Waals surface area contributed by atoms with Crippen LogP contribution in [0.25, 0.3) is 66.1 Å². The molecule has 0 aliphatic carbocycles. The number of benzene rings is 6. The van der Waals surface area contributed by atoms with Crippen molar-refractivity contribution in [2.75, 3.05) is 7.05 Å². The molecule has 204 valence electrons. The number of furan rings is 2. The normalized spacial score (nSPS) is 13.2. The second kappa shape index (κ2) is 8.69. The van der Waals surface area contributed by atoms with Gasteiger partial charge in [0.05, 0.1) is 30.3 Å². The maximum absolute atomic E-state index is 9.98. The summed E-state index contributed by atoms with van der Waals surface area (Å²) in [7, 11) is 2.21. The van der Waals surface area contributed by atoms with E-state index in [2.05, 4.69) is 85.9 Å². The molecule has 0 unspecified atom stereocenters. The fourth-order valence-electron chi connectivity index (χ4n) is 7.16. The predicted molar refractivity (Wildman–Crippen MR) is 175 cm³/mol. The first-order chi connectivity index (χ1) is 21.6. The van der Waals surface area contributed by atoms with E-state index in [-0.39, 0.29) is 0 Å². The van der Waals surface area contributed by atoms with Crippen LogP contribution in [-0.4, -0.2) is 7.05 Å². The molecule has 1 aliphatic heterocycles. The van der Waals surface area contributed by atoms with E-state index in [0.29, 0.717) is 15.6 Å². The van der Waals surface area contributed by atoms with Crippen molar-refractivity contribution >= 4 is 60.9 Å². The van der Waals surface area contributed by atoms with E-state index in [1.807, 2.05) is 42.5 Å². The van der Waals surface area contributed by atoms with Gasteiger partial charge in [-0.2, -0.15) is 10.5 Å². The van der Waals surface area contributed by atoms with Gasteiger partial charge in [0.25, 0.3) is 0 Å². The van der Waals surface area contributed by atoms with Crippen LogP contribution in [-0.2, 0) is 0 Å². The van der Waals surface area contributed by atoms with Crippen molar-refractivity contribution in [1.82, 2.24) is 4.48 Å². The van der Waals surface area contributed by atoms with Crippen LogP contribution in [0.4, 0.5) is 17.1 Å². The summed E-state index contributed by atoms with van der Waals surface area (Å²) in [4.78, 5) is 0. The van der Waals surface area contributed by atoms with Gasteiger partial charge in [-0.3, -0.25) is 0 Å². The molecular weight excluding hydrogens is 542 g/mol. The quantitative estimate of drug-likeness (QED) is 0.196. The van der Waals surface area contributed by atoms with Gasteiger partial charge in [-0.1, -0.05) is 30.3 Å². The Hall–Kier alpha value is -6.14. The van der Waals surface area contributed by atoms with E-state index in [0.717, 1.165) is 60.7 Å². The molecule has 1 aliphatic rings. The Kier molecular flexibility index (Phi) is 4.83. The zero-order valence-corrected chi connectivity index (χ0v) is 23.6. The molecular formula is C39H22N3O2+. The molecule has 0 bridgehead atoms. The summed E-state index contributed by atoms with van der Waals surface area (Å²) < 4.78 is 13.0. The number of hydrogen-bond donors (Lipinski definition) is 0. The summed E-state index contributed by atoms with van der Waals surface area (Å²) in [6.07, 6.45) is 0. The molecule has 0 amide bonds. The Morgan fingerprint density at radius 1 is 0.500 bits per heavy atom. The Morgan fingerprint density at radius 2 is 1.02 bits per heavy atom. The van der Waals surface area contributed by atoms with Crippen LogP contribution in [0.1, 0.15) is 11.1 Å². The van der Waals surface area contributed by atoms with Crippen LogP contribution < -0.4 is 4.48 Å². The largest absolute Gasteiger partial charge is 0.456 e. The van der Waals surface area contributed by atoms with E-state index >= 15 is 0 Å². The summed E-state index contributed by atoms with van der Waals surface area (Å²) in [5.74, 6) is 0. The first-order valence-electron chi connectivity index (χ1n) is 14.4. The molecule has 8 aromatic rings. The zero-order chi connectivity index (χ0) is 29.6. The SMILES string of the molecule is C[N+]1(c2cc(C#N)ccc2-c2ccc3oc4ccc5oc6ccc(C#N)cc6c5c4c3c2)c2ccccc2-c2ccccc21. The van der Waals surface area contributed by atoms with Gasteiger partial charge < -0.3 is 8.83 Å². The molecule has 5 nitrogen and oxygen atoms in total. The van der Waals surface area contributed by atoms with E-state index in [9.17, 15) is 10.5 Å². The van der Waals surface area contributed by atoms with Crippen molar-refractivity contribution in [3.05, 3.63) is 126 Å². The van der Waals surface area contributed by atoms with Gasteiger partial charge in [-0.15, -0.1) is 0 Å². The summed E-state index contributed by atoms with van der Waals surface area (Å²) in [5, 5.41) is 23.3. The van der Waals surface area contributed by atoms with Crippen molar-refractivity contribution in [2.24, 2.45) is 0 Å². The Balaban J connectivity index is 1.35. The molecule has 0 N–H and O–H groups in total. The lowest BCUT2D eigenvalue weighted by molar-refractivity contribution is 0.644. The molecule has 0 spiro atoms. The molecule has 6 aromatic carbocycles. The second-order valence-corrected chi connectivity index (χ2v) is 11.4. The van der Waals surface area contributed by atoms with Crippen LogP contribution in [0.15, 0.2) is 124 Å². The fourth-order valence-corrected chi connectivity index (χ4v) is 7.16. The Bertz CT molecular complexity index is 2560. The predicted octanol–water partition coefficient (Wildman–Crippen LogP) is 10.5. The average Bonchev–Trinajstić information content (AvgIpc) is 3.72. The fraction of sp³-hybridized carbons (Fsp3) is 0.0256. The summed E-state index contributed by atoms with van der Waals surface area (Å²) in [5.41, 5.74) is 12.0. The standard InChI is InChI=1S/C39H22N3O2/c1-42(31-8-4-2-6-27(31)28-7-3-5-9-32(28)42)33-19-24(22-41)10-13-26(33)25-12-15-35-30(20-25)39-37(44-35)17-16-36-38(39)29-18-23(21-40)11-14-34(29)43-36/h2-20H,1H3/q+1. The molecule has 0 saturated carbocycles. The van der Waals surface area contributed by atoms with Gasteiger partial charge in [0.1, 0.15) is 22.3 Å². The van der Waals surface area contributed by atoms with E-state index in [4.69, 9.17) is 8.83 Å². The van der Waals surface area contributed by atoms with Crippen molar-refractivity contribution in [3.63, 3.8) is 0 Å². The lowest BCUT2D eigenvalue weighted by atomic mass is 9.96. The minimum atomic E-state index is 0.439. The minimum absolute atomic E-state index is 0.439. The Labute approximate surface area is 252 Å². The highest BCUT2D eigenvalue weighted by Crippen LogP contribution is 2.58. The second-order valence-electron chi connectivity index (χ2n) is 11.4. The molecule has 3 heterocycles. The lowest BCUT2D eigenvalue weighted by Gasteiger charge is -2.32. The molecule has 9 rings (SSSR count). The summed E-state index contributed by atoms with van der Waals surface area (Å²) in [6, 6.07) is 43.3. The Morgan fingerprint density at radius 3 is 1.66 bits per heavy atom. The first kappa shape index (κ1) is 24.5. The molecule has 0 saturated heterocycles. The van der Waals surface area contributed by atoms with Crippen LogP contribution in [0, 0.1) is 22.7 Å². The van der Waals surface area contributed by atoms with Gasteiger partial charge in [0.15, 0.2) is 17.1 Å². The number of quaternary nitrogens is 1. The van der Waals surface area contributed by atoms with Crippen molar-refractivity contribution in [1.29, 1.82) is 10.5 Å². The number of rotatable bonds is 2. The highest BCUT2D eigenvalue weighted by Gasteiger charge is 2.43. The van der Waals surface area contributed by atoms with E-state index < -0.39 is 0 Å². The molecule has 0 atom stereocenters. The number of nitriles is 2. The third-order valence-corrected chi connectivity index (χ3v) is 9.18. The van der Waals surface area contributed by atoms with Gasteiger partial charge in [-0.25, -0.2) is 4.48 Å². The highest BCUT2D eigenvalue weighted by atomic mass is 16.3. The third kappa shape index (κ3) is 3.14. The topological polar surface area (TPSA) is 73.9 Å². The van der Waals surface area contributed by atoms with Crippen molar-refractivity contribution < 1.29 is 8.83 Å². The number of nitrogens with zero attached hydrogens (tertiary/aromatic N) is 3. The molecule has 0 radical (unpaired) electrons. The number of hydrogen-bond acceptors (Lipinski definition) is 4. The average molecular weight is 565 g/mol. The van der Waals surface area contributed by atoms with E-state index in [1.54, 1.807) is 6.07 Å². The van der Waals surface area contributed by atoms with Crippen molar-refractivity contribution in [3.8, 4) is 34.4 Å². The molecule has 44 heavy (non-hydrogen) atoms. The van der Waals surface area contributed by atoms with Crippen LogP contribution in [0.5, 0.6) is 0 Å². The zero-order valence-electron chi connectivity index (χ0n) is 23.6. The number of fused-ring (bicyclic) bond motifs is 10. The van der Waals surface area contributed by atoms with E-state index in [1.165, 1.54) is 22.5 Å². The van der Waals surface area contributed by atoms with Gasteiger partial charge in [0, 0.05) is 56.4 Å². The summed E-state index contributed by atoms with van der Waals surface area (Å²) >= 11 is 0. The maximum atomic E-state index is 9.98. The monoisotopic (exact) mass is 564 g/mol. The van der Waals surface area contributed by atoms with Gasteiger partial charge in [-0.05, 0) is 72.3 Å². The lowest BCUT2D eigenvalue weighted by Crippen LogP contribution is -2.32. The highest BCUT2D eigenvalue weighted by molar-refractivity contribution is 6.26. The number of para-hydroxylation sites is 2. The first-order valence-corrected chi connectivity index (χ1v) is 14.4. The van der Waals surface area contributed by atoms with Gasteiger partial charge in [0.2, 0.25) is 0 Å². The van der Waals surface area contributed by atoms with Crippen LogP contribution in [0.3, 0.4) is 0 Å². The van der Waals surface area contributed by atoms with Crippen LogP contribution in [0.2, 0.25) is 0 Å². The van der Waals surface area contributed by atoms with Crippen molar-refractivity contribution in [2.45, 2.75) is 0 Å². The summed E-state index contributed by atoms with van der Waals surface area (Å²) in [6.45, 7) is 0. The smallest absolute Gasteiger partial charge is 0.152 e. The third-order valence-electron chi connectivity index (χ3n) is 9.18. The molecule has 2 aromatic heterocycles. The maximum Gasteiger partial charge on any atom is 0.152 e. The van der Waals surface area contributed by atoms with Gasteiger partial charge >= 0.3 is 0 Å². The molecule has 0 fully saturated rings. The van der Waals surface area contributed by atoms with Crippen LogP contribution >= 0.6 is 0 Å².